The van der Waals surface area contributed by atoms with Gasteiger partial charge >= 0.3 is 0 Å². The number of hydrogen-bond acceptors (Lipinski definition) is 0. The molecule has 1 unspecified atom stereocenters. The monoisotopic (exact) mass is 486 g/mol. The van der Waals surface area contributed by atoms with Crippen molar-refractivity contribution in [1.82, 2.24) is 0 Å². The standard InChI is InChI=1S/C32H46Si2/c1-2-3-4-5-6-7-8-9-10-11-21-28-32(33-29-22-15-12-16-23-29)34(30-24-17-13-18-25-30)31-26-19-14-20-27-31/h12-20,22-27,32,34H,2-11,21,28,33H2,1H3. The molecule has 0 aliphatic heterocycles. The van der Waals surface area contributed by atoms with Crippen LogP contribution in [0.3, 0.4) is 0 Å². The second kappa shape index (κ2) is 16.7. The van der Waals surface area contributed by atoms with Crippen LogP contribution in [0.25, 0.3) is 0 Å². The van der Waals surface area contributed by atoms with Gasteiger partial charge in [-0.3, -0.25) is 0 Å². The normalized spacial score (nSPS) is 12.5. The van der Waals surface area contributed by atoms with E-state index in [1.54, 1.807) is 15.6 Å². The molecular formula is C32H46Si2. The van der Waals surface area contributed by atoms with Gasteiger partial charge in [0.15, 0.2) is 0 Å². The van der Waals surface area contributed by atoms with Gasteiger partial charge in [0, 0.05) is 0 Å². The minimum atomic E-state index is -1.26. The van der Waals surface area contributed by atoms with Crippen molar-refractivity contribution in [2.75, 3.05) is 0 Å². The van der Waals surface area contributed by atoms with Crippen LogP contribution in [0, 0.1) is 0 Å². The fraction of sp³-hybridized carbons (Fsp3) is 0.438. The predicted molar refractivity (Wildman–Crippen MR) is 159 cm³/mol. The van der Waals surface area contributed by atoms with Gasteiger partial charge in [0.2, 0.25) is 0 Å². The molecule has 0 N–H and O–H groups in total. The van der Waals surface area contributed by atoms with E-state index in [0.29, 0.717) is 0 Å². The maximum atomic E-state index is 2.41. The lowest BCUT2D eigenvalue weighted by Gasteiger charge is -2.27. The molecule has 0 spiro atoms. The van der Waals surface area contributed by atoms with Gasteiger partial charge in [-0.25, -0.2) is 0 Å². The fourth-order valence-corrected chi connectivity index (χ4v) is 13.8. The quantitative estimate of drug-likeness (QED) is 0.150. The van der Waals surface area contributed by atoms with Gasteiger partial charge < -0.3 is 0 Å². The van der Waals surface area contributed by atoms with E-state index in [2.05, 4.69) is 97.9 Å². The molecule has 182 valence electrons. The van der Waals surface area contributed by atoms with Crippen molar-refractivity contribution in [3.05, 3.63) is 91.0 Å². The molecule has 0 aromatic heterocycles. The van der Waals surface area contributed by atoms with Crippen molar-refractivity contribution >= 4 is 33.9 Å². The second-order valence-corrected chi connectivity index (χ2v) is 16.5. The summed E-state index contributed by atoms with van der Waals surface area (Å²) in [6, 6.07) is 34.4. The average molecular weight is 487 g/mol. The van der Waals surface area contributed by atoms with Crippen LogP contribution in [-0.2, 0) is 0 Å². The Bertz CT molecular complexity index is 824. The van der Waals surface area contributed by atoms with Crippen LogP contribution >= 0.6 is 0 Å². The molecule has 3 aromatic carbocycles. The van der Waals surface area contributed by atoms with Crippen LogP contribution in [0.4, 0.5) is 0 Å². The molecule has 3 rings (SSSR count). The lowest BCUT2D eigenvalue weighted by atomic mass is 10.1. The first-order valence-corrected chi connectivity index (χ1v) is 17.4. The van der Waals surface area contributed by atoms with Crippen LogP contribution in [0.2, 0.25) is 5.16 Å². The first-order chi connectivity index (χ1) is 16.9. The Labute approximate surface area is 213 Å². The number of benzene rings is 3. The molecule has 0 nitrogen and oxygen atoms in total. The molecule has 34 heavy (non-hydrogen) atoms. The van der Waals surface area contributed by atoms with Crippen LogP contribution in [-0.4, -0.2) is 18.3 Å². The molecule has 1 atom stereocenters. The summed E-state index contributed by atoms with van der Waals surface area (Å²) >= 11 is 0. The number of hydrogen-bond donors (Lipinski definition) is 0. The largest absolute Gasteiger partial charge is 0.103 e. The lowest BCUT2D eigenvalue weighted by molar-refractivity contribution is 0.546. The molecule has 0 fully saturated rings. The Morgan fingerprint density at radius 1 is 0.529 bits per heavy atom. The van der Waals surface area contributed by atoms with Crippen LogP contribution in [0.5, 0.6) is 0 Å². The van der Waals surface area contributed by atoms with Gasteiger partial charge in [-0.2, -0.15) is 0 Å². The summed E-state index contributed by atoms with van der Waals surface area (Å²) < 4.78 is 0. The number of unbranched alkanes of at least 4 members (excludes halogenated alkanes) is 10. The van der Waals surface area contributed by atoms with Crippen LogP contribution < -0.4 is 15.6 Å². The molecule has 0 aliphatic rings. The summed E-state index contributed by atoms with van der Waals surface area (Å²) in [5.74, 6) is 0. The smallest absolute Gasteiger partial charge is 0.0669 e. The van der Waals surface area contributed by atoms with E-state index < -0.39 is 8.80 Å². The highest BCUT2D eigenvalue weighted by Crippen LogP contribution is 2.20. The van der Waals surface area contributed by atoms with E-state index in [0.717, 1.165) is 5.16 Å². The zero-order valence-electron chi connectivity index (χ0n) is 21.5. The minimum absolute atomic E-state index is 0.329. The third-order valence-corrected chi connectivity index (χ3v) is 14.8. The molecule has 0 saturated carbocycles. The van der Waals surface area contributed by atoms with E-state index in [4.69, 9.17) is 0 Å². The second-order valence-electron chi connectivity index (χ2n) is 10.1. The van der Waals surface area contributed by atoms with Crippen molar-refractivity contribution in [3.8, 4) is 0 Å². The van der Waals surface area contributed by atoms with Crippen LogP contribution in [0.1, 0.15) is 84.0 Å². The molecular weight excluding hydrogens is 441 g/mol. The maximum absolute atomic E-state index is 2.41. The van der Waals surface area contributed by atoms with Gasteiger partial charge in [-0.1, -0.05) is 191 Å². The summed E-state index contributed by atoms with van der Waals surface area (Å²) in [6.45, 7) is 2.30. The molecule has 0 bridgehead atoms. The van der Waals surface area contributed by atoms with Gasteiger partial charge in [-0.15, -0.1) is 0 Å². The topological polar surface area (TPSA) is 0 Å². The summed E-state index contributed by atoms with van der Waals surface area (Å²) in [7, 11) is -1.59. The zero-order chi connectivity index (χ0) is 23.7. The van der Waals surface area contributed by atoms with Crippen molar-refractivity contribution < 1.29 is 0 Å². The van der Waals surface area contributed by atoms with Crippen molar-refractivity contribution in [1.29, 1.82) is 0 Å². The maximum Gasteiger partial charge on any atom is 0.103 e. The van der Waals surface area contributed by atoms with E-state index in [-0.39, 0.29) is 9.52 Å². The Hall–Kier alpha value is -1.91. The Balaban J connectivity index is 1.57. The van der Waals surface area contributed by atoms with Gasteiger partial charge in [0.05, 0.1) is 9.52 Å². The third kappa shape index (κ3) is 9.76. The molecule has 0 aliphatic carbocycles. The minimum Gasteiger partial charge on any atom is -0.0669 e. The summed E-state index contributed by atoms with van der Waals surface area (Å²) in [6.07, 6.45) is 17.1. The number of rotatable bonds is 17. The Kier molecular flexibility index (Phi) is 13.1. The Morgan fingerprint density at radius 2 is 0.941 bits per heavy atom. The predicted octanol–water partition coefficient (Wildman–Crippen LogP) is 6.55. The average Bonchev–Trinajstić information content (AvgIpc) is 2.89. The van der Waals surface area contributed by atoms with E-state index in [1.807, 2.05) is 0 Å². The molecule has 2 heteroatoms. The highest BCUT2D eigenvalue weighted by molar-refractivity contribution is 6.93. The molecule has 0 saturated heterocycles. The van der Waals surface area contributed by atoms with Crippen molar-refractivity contribution in [3.63, 3.8) is 0 Å². The highest BCUT2D eigenvalue weighted by atomic mass is 28.3. The third-order valence-electron chi connectivity index (χ3n) is 7.31. The Morgan fingerprint density at radius 3 is 1.41 bits per heavy atom. The molecule has 0 heterocycles. The first kappa shape index (κ1) is 26.7. The molecule has 3 aromatic rings. The van der Waals surface area contributed by atoms with E-state index in [1.165, 1.54) is 77.0 Å². The highest BCUT2D eigenvalue weighted by Gasteiger charge is 2.27. The van der Waals surface area contributed by atoms with Gasteiger partial charge in [-0.05, 0) is 5.16 Å². The van der Waals surface area contributed by atoms with E-state index in [9.17, 15) is 0 Å². The van der Waals surface area contributed by atoms with Crippen molar-refractivity contribution in [2.24, 2.45) is 0 Å². The fourth-order valence-electron chi connectivity index (χ4n) is 5.43. The van der Waals surface area contributed by atoms with Gasteiger partial charge in [0.25, 0.3) is 0 Å². The lowest BCUT2D eigenvalue weighted by Crippen LogP contribution is -2.49. The SMILES string of the molecule is CCCCCCCCCCCCCC([SiH2]c1ccccc1)[SiH](c1ccccc1)c1ccccc1. The van der Waals surface area contributed by atoms with Gasteiger partial charge in [0.1, 0.15) is 8.80 Å². The summed E-state index contributed by atoms with van der Waals surface area (Å²) in [4.78, 5) is 0. The zero-order valence-corrected chi connectivity index (χ0v) is 24.1. The summed E-state index contributed by atoms with van der Waals surface area (Å²) in [5.41, 5.74) is 0. The van der Waals surface area contributed by atoms with E-state index >= 15 is 0 Å². The molecule has 0 amide bonds. The van der Waals surface area contributed by atoms with Crippen molar-refractivity contribution in [2.45, 2.75) is 89.1 Å². The van der Waals surface area contributed by atoms with Crippen LogP contribution in [0.15, 0.2) is 91.0 Å². The summed E-state index contributed by atoms with van der Waals surface area (Å²) in [5, 5.41) is 5.79. The molecule has 0 radical (unpaired) electrons. The first-order valence-electron chi connectivity index (χ1n) is 14.0.